The average Bonchev–Trinajstić information content (AvgIpc) is 2.69. The first-order chi connectivity index (χ1) is 7.09. The smallest absolute Gasteiger partial charge is 0.295 e. The van der Waals surface area contributed by atoms with E-state index in [1.807, 2.05) is 0 Å². The van der Waals surface area contributed by atoms with Crippen LogP contribution in [0.3, 0.4) is 0 Å². The maximum atomic E-state index is 11.1. The first kappa shape index (κ1) is 10.1. The lowest BCUT2D eigenvalue weighted by Gasteiger charge is -2.06. The molecule has 0 saturated heterocycles. The van der Waals surface area contributed by atoms with E-state index in [4.69, 9.17) is 4.55 Å². The summed E-state index contributed by atoms with van der Waals surface area (Å²) in [5.41, 5.74) is 0.414. The van der Waals surface area contributed by atoms with Crippen LogP contribution in [0, 0.1) is 0 Å². The van der Waals surface area contributed by atoms with Crippen molar-refractivity contribution in [1.82, 2.24) is 5.32 Å². The average molecular weight is 226 g/mol. The van der Waals surface area contributed by atoms with E-state index in [-0.39, 0.29) is 4.90 Å². The number of benzene rings is 1. The minimum atomic E-state index is -4.19. The summed E-state index contributed by atoms with van der Waals surface area (Å²) >= 11 is 0. The third-order valence-corrected chi connectivity index (χ3v) is 3.01. The second kappa shape index (κ2) is 3.63. The van der Waals surface area contributed by atoms with Crippen LogP contribution >= 0.6 is 0 Å². The van der Waals surface area contributed by atoms with Crippen molar-refractivity contribution in [3.63, 3.8) is 0 Å². The van der Waals surface area contributed by atoms with Gasteiger partial charge < -0.3 is 5.32 Å². The van der Waals surface area contributed by atoms with Crippen molar-refractivity contribution in [3.05, 3.63) is 29.8 Å². The van der Waals surface area contributed by atoms with Gasteiger partial charge in [-0.3, -0.25) is 9.55 Å². The minimum Gasteiger partial charge on any atom is -0.368 e. The fourth-order valence-corrected chi connectivity index (χ4v) is 2.16. The number of hydrogen-bond donors (Lipinski definition) is 2. The summed E-state index contributed by atoms with van der Waals surface area (Å²) in [7, 11) is -4.19. The largest absolute Gasteiger partial charge is 0.368 e. The predicted molar refractivity (Wildman–Crippen MR) is 55.7 cm³/mol. The number of hydrogen-bond acceptors (Lipinski definition) is 4. The van der Waals surface area contributed by atoms with Crippen LogP contribution in [0.2, 0.25) is 0 Å². The van der Waals surface area contributed by atoms with Gasteiger partial charge in [-0.1, -0.05) is 12.1 Å². The topological polar surface area (TPSA) is 78.8 Å². The van der Waals surface area contributed by atoms with Gasteiger partial charge in [-0.25, -0.2) is 0 Å². The van der Waals surface area contributed by atoms with Crippen LogP contribution in [0.5, 0.6) is 0 Å². The molecule has 0 fully saturated rings. The molecule has 0 aliphatic carbocycles. The molecule has 1 aromatic rings. The summed E-state index contributed by atoms with van der Waals surface area (Å²) in [4.78, 5) is 4.00. The van der Waals surface area contributed by atoms with Crippen LogP contribution in [0.25, 0.3) is 0 Å². The molecule has 15 heavy (non-hydrogen) atoms. The Kier molecular flexibility index (Phi) is 2.45. The van der Waals surface area contributed by atoms with E-state index in [0.717, 1.165) is 0 Å². The molecule has 0 spiro atoms. The van der Waals surface area contributed by atoms with Gasteiger partial charge in [-0.2, -0.15) is 8.42 Å². The van der Waals surface area contributed by atoms with Crippen LogP contribution in [-0.2, 0) is 10.1 Å². The van der Waals surface area contributed by atoms with Gasteiger partial charge in [-0.15, -0.1) is 0 Å². The quantitative estimate of drug-likeness (QED) is 0.710. The van der Waals surface area contributed by atoms with Crippen molar-refractivity contribution in [2.45, 2.75) is 4.90 Å². The Hall–Kier alpha value is -1.40. The summed E-state index contributed by atoms with van der Waals surface area (Å²) in [5, 5.41) is 2.96. The number of rotatable bonds is 2. The van der Waals surface area contributed by atoms with Crippen molar-refractivity contribution < 1.29 is 13.0 Å². The van der Waals surface area contributed by atoms with Crippen molar-refractivity contribution >= 4 is 16.0 Å². The standard InChI is InChI=1S/C9H10N2O3S/c12-15(13,14)8-4-2-1-3-7(8)9-10-5-6-11-9/h1-4H,5-6H2,(H,10,11)(H,12,13,14). The van der Waals surface area contributed by atoms with Gasteiger partial charge >= 0.3 is 0 Å². The number of amidine groups is 1. The van der Waals surface area contributed by atoms with Crippen LogP contribution < -0.4 is 5.32 Å². The molecule has 2 N–H and O–H groups in total. The molecule has 0 aromatic heterocycles. The zero-order chi connectivity index (χ0) is 10.9. The highest BCUT2D eigenvalue weighted by Gasteiger charge is 2.19. The Bertz CT molecular complexity index is 508. The molecule has 1 heterocycles. The lowest BCUT2D eigenvalue weighted by Crippen LogP contribution is -2.21. The third-order valence-electron chi connectivity index (χ3n) is 2.09. The Morgan fingerprint density at radius 1 is 1.33 bits per heavy atom. The summed E-state index contributed by atoms with van der Waals surface area (Å²) in [5.74, 6) is 0.517. The van der Waals surface area contributed by atoms with Crippen molar-refractivity contribution in [2.24, 2.45) is 4.99 Å². The highest BCUT2D eigenvalue weighted by atomic mass is 32.2. The van der Waals surface area contributed by atoms with E-state index in [1.165, 1.54) is 6.07 Å². The Morgan fingerprint density at radius 3 is 2.67 bits per heavy atom. The number of aliphatic imine (C=N–C) groups is 1. The molecular formula is C9H10N2O3S. The summed E-state index contributed by atoms with van der Waals surface area (Å²) < 4.78 is 31.2. The molecule has 2 rings (SSSR count). The van der Waals surface area contributed by atoms with Crippen LogP contribution in [0.1, 0.15) is 5.56 Å². The molecule has 1 aliphatic heterocycles. The SMILES string of the molecule is O=S(=O)(O)c1ccccc1C1=NCCN1. The lowest BCUT2D eigenvalue weighted by molar-refractivity contribution is 0.483. The lowest BCUT2D eigenvalue weighted by atomic mass is 10.2. The van der Waals surface area contributed by atoms with Gasteiger partial charge in [0.05, 0.1) is 6.54 Å². The van der Waals surface area contributed by atoms with Gasteiger partial charge in [0, 0.05) is 12.1 Å². The summed E-state index contributed by atoms with van der Waals surface area (Å²) in [6.45, 7) is 1.31. The Labute approximate surface area is 87.6 Å². The molecule has 0 saturated carbocycles. The second-order valence-corrected chi connectivity index (χ2v) is 4.52. The number of nitrogens with zero attached hydrogens (tertiary/aromatic N) is 1. The molecule has 0 amide bonds. The highest BCUT2D eigenvalue weighted by Crippen LogP contribution is 2.16. The zero-order valence-corrected chi connectivity index (χ0v) is 8.66. The summed E-state index contributed by atoms with van der Waals surface area (Å²) in [6, 6.07) is 6.22. The highest BCUT2D eigenvalue weighted by molar-refractivity contribution is 7.86. The molecule has 0 bridgehead atoms. The van der Waals surface area contributed by atoms with Gasteiger partial charge in [-0.05, 0) is 12.1 Å². The molecule has 0 radical (unpaired) electrons. The maximum absolute atomic E-state index is 11.1. The van der Waals surface area contributed by atoms with Crippen molar-refractivity contribution in [3.8, 4) is 0 Å². The Morgan fingerprint density at radius 2 is 2.07 bits per heavy atom. The van der Waals surface area contributed by atoms with E-state index >= 15 is 0 Å². The normalized spacial score (nSPS) is 15.9. The molecule has 80 valence electrons. The van der Waals surface area contributed by atoms with Crippen molar-refractivity contribution in [1.29, 1.82) is 0 Å². The fourth-order valence-electron chi connectivity index (χ4n) is 1.47. The van der Waals surface area contributed by atoms with Crippen molar-refractivity contribution in [2.75, 3.05) is 13.1 Å². The number of nitrogens with one attached hydrogen (secondary N) is 1. The first-order valence-electron chi connectivity index (χ1n) is 4.44. The predicted octanol–water partition coefficient (Wildman–Crippen LogP) is 0.283. The van der Waals surface area contributed by atoms with Gasteiger partial charge in [0.25, 0.3) is 10.1 Å². The third kappa shape index (κ3) is 2.00. The monoisotopic (exact) mass is 226 g/mol. The first-order valence-corrected chi connectivity index (χ1v) is 5.88. The summed E-state index contributed by atoms with van der Waals surface area (Å²) in [6.07, 6.45) is 0. The zero-order valence-electron chi connectivity index (χ0n) is 7.84. The minimum absolute atomic E-state index is 0.113. The van der Waals surface area contributed by atoms with Gasteiger partial charge in [0.15, 0.2) is 0 Å². The van der Waals surface area contributed by atoms with E-state index < -0.39 is 10.1 Å². The second-order valence-electron chi connectivity index (χ2n) is 3.13. The molecular weight excluding hydrogens is 216 g/mol. The maximum Gasteiger partial charge on any atom is 0.295 e. The molecule has 0 atom stereocenters. The van der Waals surface area contributed by atoms with Crippen LogP contribution in [0.4, 0.5) is 0 Å². The molecule has 6 heteroatoms. The van der Waals surface area contributed by atoms with Gasteiger partial charge in [0.2, 0.25) is 0 Å². The van der Waals surface area contributed by atoms with Gasteiger partial charge in [0.1, 0.15) is 10.7 Å². The fraction of sp³-hybridized carbons (Fsp3) is 0.222. The van der Waals surface area contributed by atoms with E-state index in [9.17, 15) is 8.42 Å². The molecule has 0 unspecified atom stereocenters. The van der Waals surface area contributed by atoms with Crippen LogP contribution in [0.15, 0.2) is 34.2 Å². The van der Waals surface area contributed by atoms with E-state index in [2.05, 4.69) is 10.3 Å². The molecule has 5 nitrogen and oxygen atoms in total. The molecule has 1 aromatic carbocycles. The Balaban J connectivity index is 2.56. The van der Waals surface area contributed by atoms with E-state index in [0.29, 0.717) is 24.5 Å². The van der Waals surface area contributed by atoms with Crippen LogP contribution in [-0.4, -0.2) is 31.9 Å². The molecule has 1 aliphatic rings. The van der Waals surface area contributed by atoms with E-state index in [1.54, 1.807) is 18.2 Å².